The average Bonchev–Trinajstić information content (AvgIpc) is 3.27. The Labute approximate surface area is 146 Å². The van der Waals surface area contributed by atoms with E-state index in [0.29, 0.717) is 13.0 Å². The van der Waals surface area contributed by atoms with Gasteiger partial charge in [0.2, 0.25) is 5.91 Å². The Morgan fingerprint density at radius 1 is 1.32 bits per heavy atom. The molecule has 1 saturated heterocycles. The summed E-state index contributed by atoms with van der Waals surface area (Å²) in [5, 5.41) is 15.4. The summed E-state index contributed by atoms with van der Waals surface area (Å²) >= 11 is 0. The molecular weight excluding hydrogens is 316 g/mol. The van der Waals surface area contributed by atoms with Gasteiger partial charge in [0.25, 0.3) is 0 Å². The number of nitrogens with zero attached hydrogens (tertiary/aromatic N) is 4. The van der Waals surface area contributed by atoms with Crippen LogP contribution in [0.2, 0.25) is 0 Å². The highest BCUT2D eigenvalue weighted by Crippen LogP contribution is 2.24. The molecule has 3 aromatic heterocycles. The predicted octanol–water partition coefficient (Wildman–Crippen LogP) is 1.66. The summed E-state index contributed by atoms with van der Waals surface area (Å²) in [5.41, 5.74) is 3.30. The van der Waals surface area contributed by atoms with Crippen LogP contribution in [-0.4, -0.2) is 31.3 Å². The lowest BCUT2D eigenvalue weighted by molar-refractivity contribution is -0.123. The van der Waals surface area contributed by atoms with Gasteiger partial charge in [0.1, 0.15) is 0 Å². The van der Waals surface area contributed by atoms with Gasteiger partial charge in [0.05, 0.1) is 24.0 Å². The summed E-state index contributed by atoms with van der Waals surface area (Å²) in [7, 11) is 0. The Balaban J connectivity index is 1.51. The SMILES string of the molecule is CCn1cc([C@@H]2NC(=O)CC[C@H]2NCc2cnn3ccccc23)cn1. The molecule has 0 radical (unpaired) electrons. The average molecular weight is 338 g/mol. The fourth-order valence-corrected chi connectivity index (χ4v) is 3.41. The number of nitrogens with one attached hydrogen (secondary N) is 2. The van der Waals surface area contributed by atoms with Gasteiger partial charge in [-0.25, -0.2) is 4.52 Å². The highest BCUT2D eigenvalue weighted by molar-refractivity contribution is 5.77. The van der Waals surface area contributed by atoms with E-state index >= 15 is 0 Å². The second kappa shape index (κ2) is 6.68. The van der Waals surface area contributed by atoms with Gasteiger partial charge in [-0.1, -0.05) is 6.07 Å². The van der Waals surface area contributed by atoms with Crippen LogP contribution in [0.25, 0.3) is 5.52 Å². The molecule has 0 spiro atoms. The number of amides is 1. The summed E-state index contributed by atoms with van der Waals surface area (Å²) in [4.78, 5) is 11.9. The lowest BCUT2D eigenvalue weighted by atomic mass is 9.93. The van der Waals surface area contributed by atoms with Crippen LogP contribution in [0.15, 0.2) is 43.0 Å². The molecule has 1 aliphatic rings. The second-order valence-electron chi connectivity index (χ2n) is 6.40. The molecule has 2 atom stereocenters. The molecule has 0 saturated carbocycles. The molecule has 3 aromatic rings. The second-order valence-corrected chi connectivity index (χ2v) is 6.40. The first-order chi connectivity index (χ1) is 12.2. The number of rotatable bonds is 5. The summed E-state index contributed by atoms with van der Waals surface area (Å²) in [6.07, 6.45) is 9.07. The Bertz CT molecular complexity index is 882. The zero-order chi connectivity index (χ0) is 17.2. The molecule has 0 bridgehead atoms. The molecule has 1 aliphatic heterocycles. The topological polar surface area (TPSA) is 76.2 Å². The minimum Gasteiger partial charge on any atom is -0.348 e. The smallest absolute Gasteiger partial charge is 0.220 e. The quantitative estimate of drug-likeness (QED) is 0.742. The molecule has 7 heteroatoms. The standard InChI is InChI=1S/C18H22N6O/c1-2-23-12-14(11-20-23)18-15(6-7-17(25)22-18)19-9-13-10-21-24-8-4-3-5-16(13)24/h3-5,8,10-12,15,18-19H,2,6-7,9H2,1H3,(H,22,25)/t15-,18+/m1/s1. The van der Waals surface area contributed by atoms with Gasteiger partial charge in [-0.3, -0.25) is 9.48 Å². The molecule has 0 unspecified atom stereocenters. The third-order valence-corrected chi connectivity index (χ3v) is 4.80. The number of hydrogen-bond donors (Lipinski definition) is 2. The molecular formula is C18H22N6O. The van der Waals surface area contributed by atoms with Crippen molar-refractivity contribution in [3.8, 4) is 0 Å². The lowest BCUT2D eigenvalue weighted by Crippen LogP contribution is -2.48. The van der Waals surface area contributed by atoms with Gasteiger partial charge < -0.3 is 10.6 Å². The van der Waals surface area contributed by atoms with Crippen molar-refractivity contribution < 1.29 is 4.79 Å². The van der Waals surface area contributed by atoms with E-state index < -0.39 is 0 Å². The first-order valence-electron chi connectivity index (χ1n) is 8.71. The summed E-state index contributed by atoms with van der Waals surface area (Å²) < 4.78 is 3.76. The Kier molecular flexibility index (Phi) is 4.23. The highest BCUT2D eigenvalue weighted by Gasteiger charge is 2.30. The van der Waals surface area contributed by atoms with E-state index in [9.17, 15) is 4.79 Å². The normalized spacial score (nSPS) is 20.8. The van der Waals surface area contributed by atoms with E-state index in [2.05, 4.69) is 33.8 Å². The first-order valence-corrected chi connectivity index (χ1v) is 8.71. The summed E-state index contributed by atoms with van der Waals surface area (Å²) in [6, 6.07) is 6.17. The molecule has 4 rings (SSSR count). The zero-order valence-corrected chi connectivity index (χ0v) is 14.2. The van der Waals surface area contributed by atoms with Gasteiger partial charge in [0, 0.05) is 49.1 Å². The van der Waals surface area contributed by atoms with Gasteiger partial charge in [0.15, 0.2) is 0 Å². The van der Waals surface area contributed by atoms with Gasteiger partial charge in [-0.15, -0.1) is 0 Å². The molecule has 1 fully saturated rings. The largest absolute Gasteiger partial charge is 0.348 e. The van der Waals surface area contributed by atoms with Crippen molar-refractivity contribution in [3.05, 3.63) is 54.1 Å². The Hall–Kier alpha value is -2.67. The van der Waals surface area contributed by atoms with Crippen LogP contribution in [-0.2, 0) is 17.9 Å². The number of hydrogen-bond acceptors (Lipinski definition) is 4. The molecule has 7 nitrogen and oxygen atoms in total. The van der Waals surface area contributed by atoms with Gasteiger partial charge >= 0.3 is 0 Å². The van der Waals surface area contributed by atoms with E-state index in [1.807, 2.05) is 46.1 Å². The highest BCUT2D eigenvalue weighted by atomic mass is 16.1. The van der Waals surface area contributed by atoms with Crippen LogP contribution in [0.3, 0.4) is 0 Å². The van der Waals surface area contributed by atoms with Crippen molar-refractivity contribution >= 4 is 11.4 Å². The van der Waals surface area contributed by atoms with Gasteiger partial charge in [-0.05, 0) is 25.5 Å². The summed E-state index contributed by atoms with van der Waals surface area (Å²) in [6.45, 7) is 3.59. The first kappa shape index (κ1) is 15.8. The number of carbonyl (C=O) groups is 1. The third kappa shape index (κ3) is 3.15. The number of fused-ring (bicyclic) bond motifs is 1. The maximum absolute atomic E-state index is 11.9. The van der Waals surface area contributed by atoms with E-state index in [0.717, 1.165) is 29.6 Å². The lowest BCUT2D eigenvalue weighted by Gasteiger charge is -2.32. The monoisotopic (exact) mass is 338 g/mol. The molecule has 4 heterocycles. The Morgan fingerprint density at radius 2 is 2.24 bits per heavy atom. The third-order valence-electron chi connectivity index (χ3n) is 4.80. The molecule has 2 N–H and O–H groups in total. The van der Waals surface area contributed by atoms with E-state index in [-0.39, 0.29) is 18.0 Å². The maximum Gasteiger partial charge on any atom is 0.220 e. The number of aromatic nitrogens is 4. The van der Waals surface area contributed by atoms with Crippen LogP contribution in [0.4, 0.5) is 0 Å². The van der Waals surface area contributed by atoms with Crippen LogP contribution >= 0.6 is 0 Å². The molecule has 25 heavy (non-hydrogen) atoms. The molecule has 0 aliphatic carbocycles. The number of pyridine rings is 1. The summed E-state index contributed by atoms with van der Waals surface area (Å²) in [5.74, 6) is 0.100. The molecule has 130 valence electrons. The molecule has 1 amide bonds. The van der Waals surface area contributed by atoms with Crippen LogP contribution in [0.1, 0.15) is 36.9 Å². The van der Waals surface area contributed by atoms with Crippen molar-refractivity contribution in [2.24, 2.45) is 0 Å². The van der Waals surface area contributed by atoms with Gasteiger partial charge in [-0.2, -0.15) is 10.2 Å². The maximum atomic E-state index is 11.9. The van der Waals surface area contributed by atoms with Crippen molar-refractivity contribution in [2.45, 2.75) is 44.9 Å². The van der Waals surface area contributed by atoms with Crippen LogP contribution < -0.4 is 10.6 Å². The van der Waals surface area contributed by atoms with E-state index in [1.165, 1.54) is 0 Å². The van der Waals surface area contributed by atoms with Crippen molar-refractivity contribution in [1.29, 1.82) is 0 Å². The number of carbonyl (C=O) groups excluding carboxylic acids is 1. The van der Waals surface area contributed by atoms with Crippen LogP contribution in [0, 0.1) is 0 Å². The van der Waals surface area contributed by atoms with Crippen molar-refractivity contribution in [2.75, 3.05) is 0 Å². The Morgan fingerprint density at radius 3 is 3.08 bits per heavy atom. The predicted molar refractivity (Wildman–Crippen MR) is 93.8 cm³/mol. The van der Waals surface area contributed by atoms with Crippen LogP contribution in [0.5, 0.6) is 0 Å². The fourth-order valence-electron chi connectivity index (χ4n) is 3.41. The number of aryl methyl sites for hydroxylation is 1. The van der Waals surface area contributed by atoms with E-state index in [4.69, 9.17) is 0 Å². The minimum atomic E-state index is -0.0524. The number of piperidine rings is 1. The fraction of sp³-hybridized carbons (Fsp3) is 0.389. The van der Waals surface area contributed by atoms with Crippen molar-refractivity contribution in [1.82, 2.24) is 30.0 Å². The zero-order valence-electron chi connectivity index (χ0n) is 14.2. The van der Waals surface area contributed by atoms with Crippen molar-refractivity contribution in [3.63, 3.8) is 0 Å². The van der Waals surface area contributed by atoms with E-state index in [1.54, 1.807) is 0 Å². The minimum absolute atomic E-state index is 0.0524. The molecule has 0 aromatic carbocycles.